The van der Waals surface area contributed by atoms with Gasteiger partial charge < -0.3 is 4.74 Å². The third-order valence-corrected chi connectivity index (χ3v) is 2.88. The molecule has 0 saturated heterocycles. The summed E-state index contributed by atoms with van der Waals surface area (Å²) >= 11 is 0. The number of ketones is 1. The van der Waals surface area contributed by atoms with Crippen LogP contribution in [-0.2, 0) is 6.42 Å². The minimum absolute atomic E-state index is 0.0439. The van der Waals surface area contributed by atoms with E-state index in [9.17, 15) is 9.18 Å². The second-order valence-electron chi connectivity index (χ2n) is 4.61. The normalized spacial score (nSPS) is 10.3. The van der Waals surface area contributed by atoms with E-state index in [1.54, 1.807) is 30.3 Å². The van der Waals surface area contributed by atoms with E-state index < -0.39 is 0 Å². The number of ether oxygens (including phenoxy) is 1. The zero-order valence-corrected chi connectivity index (χ0v) is 11.4. The Kier molecular flexibility index (Phi) is 4.88. The van der Waals surface area contributed by atoms with Gasteiger partial charge in [0.2, 0.25) is 0 Å². The molecule has 0 heterocycles. The van der Waals surface area contributed by atoms with E-state index in [1.807, 2.05) is 13.0 Å². The highest BCUT2D eigenvalue weighted by Crippen LogP contribution is 2.16. The number of benzene rings is 2. The van der Waals surface area contributed by atoms with E-state index in [0.29, 0.717) is 23.5 Å². The largest absolute Gasteiger partial charge is 0.494 e. The van der Waals surface area contributed by atoms with Crippen molar-refractivity contribution in [2.24, 2.45) is 0 Å². The van der Waals surface area contributed by atoms with Crippen LogP contribution < -0.4 is 4.74 Å². The van der Waals surface area contributed by atoms with Gasteiger partial charge in [-0.3, -0.25) is 4.79 Å². The molecule has 0 spiro atoms. The first-order chi connectivity index (χ1) is 9.69. The standard InChI is InChI=1S/C17H17FO2/c1-2-9-20-16-8-4-6-14(12-16)17(19)11-13-5-3-7-15(18)10-13/h3-8,10,12H,2,9,11H2,1H3. The Morgan fingerprint density at radius 2 is 1.95 bits per heavy atom. The highest BCUT2D eigenvalue weighted by atomic mass is 19.1. The first-order valence-corrected chi connectivity index (χ1v) is 6.69. The summed E-state index contributed by atoms with van der Waals surface area (Å²) in [5, 5.41) is 0. The molecule has 2 nitrogen and oxygen atoms in total. The smallest absolute Gasteiger partial charge is 0.167 e. The highest BCUT2D eigenvalue weighted by molar-refractivity contribution is 5.97. The first kappa shape index (κ1) is 14.3. The molecule has 0 amide bonds. The lowest BCUT2D eigenvalue weighted by atomic mass is 10.0. The van der Waals surface area contributed by atoms with Crippen molar-refractivity contribution in [2.45, 2.75) is 19.8 Å². The monoisotopic (exact) mass is 272 g/mol. The summed E-state index contributed by atoms with van der Waals surface area (Å²) < 4.78 is 18.6. The number of carbonyl (C=O) groups is 1. The molecule has 2 aromatic rings. The Hall–Kier alpha value is -2.16. The Balaban J connectivity index is 2.09. The predicted octanol–water partition coefficient (Wildman–Crippen LogP) is 4.04. The Labute approximate surface area is 118 Å². The Bertz CT molecular complexity index is 593. The summed E-state index contributed by atoms with van der Waals surface area (Å²) in [6, 6.07) is 13.2. The number of Topliss-reactive ketones (excluding diaryl/α,β-unsaturated/α-hetero) is 1. The van der Waals surface area contributed by atoms with Gasteiger partial charge in [0.05, 0.1) is 6.61 Å². The minimum atomic E-state index is -0.324. The number of rotatable bonds is 6. The van der Waals surface area contributed by atoms with Crippen molar-refractivity contribution >= 4 is 5.78 Å². The van der Waals surface area contributed by atoms with Gasteiger partial charge in [-0.15, -0.1) is 0 Å². The van der Waals surface area contributed by atoms with E-state index in [-0.39, 0.29) is 18.0 Å². The molecule has 3 heteroatoms. The van der Waals surface area contributed by atoms with Crippen LogP contribution in [0.25, 0.3) is 0 Å². The maximum atomic E-state index is 13.1. The Morgan fingerprint density at radius 3 is 2.70 bits per heavy atom. The van der Waals surface area contributed by atoms with Gasteiger partial charge in [0.15, 0.2) is 5.78 Å². The summed E-state index contributed by atoms with van der Waals surface area (Å²) in [5.41, 5.74) is 1.26. The molecule has 0 N–H and O–H groups in total. The van der Waals surface area contributed by atoms with Gasteiger partial charge >= 0.3 is 0 Å². The molecule has 0 atom stereocenters. The van der Waals surface area contributed by atoms with Crippen LogP contribution in [0, 0.1) is 5.82 Å². The highest BCUT2D eigenvalue weighted by Gasteiger charge is 2.08. The van der Waals surface area contributed by atoms with E-state index in [2.05, 4.69) is 0 Å². The number of hydrogen-bond acceptors (Lipinski definition) is 2. The van der Waals surface area contributed by atoms with E-state index in [4.69, 9.17) is 4.74 Å². The van der Waals surface area contributed by atoms with Crippen molar-refractivity contribution in [3.05, 3.63) is 65.5 Å². The fourth-order valence-corrected chi connectivity index (χ4v) is 1.91. The van der Waals surface area contributed by atoms with Gasteiger partial charge in [0.1, 0.15) is 11.6 Å². The molecule has 0 aliphatic rings. The van der Waals surface area contributed by atoms with E-state index in [0.717, 1.165) is 6.42 Å². The average molecular weight is 272 g/mol. The van der Waals surface area contributed by atoms with Crippen LogP contribution >= 0.6 is 0 Å². The summed E-state index contributed by atoms with van der Waals surface area (Å²) in [7, 11) is 0. The molecule has 0 unspecified atom stereocenters. The van der Waals surface area contributed by atoms with Crippen molar-refractivity contribution in [3.8, 4) is 5.75 Å². The van der Waals surface area contributed by atoms with Gasteiger partial charge in [0, 0.05) is 12.0 Å². The molecule has 0 bridgehead atoms. The molecule has 0 aliphatic carbocycles. The van der Waals surface area contributed by atoms with Gasteiger partial charge in [-0.2, -0.15) is 0 Å². The molecule has 2 aromatic carbocycles. The maximum absolute atomic E-state index is 13.1. The van der Waals surface area contributed by atoms with Crippen LogP contribution in [0.2, 0.25) is 0 Å². The number of carbonyl (C=O) groups excluding carboxylic acids is 1. The van der Waals surface area contributed by atoms with Crippen LogP contribution in [-0.4, -0.2) is 12.4 Å². The fourth-order valence-electron chi connectivity index (χ4n) is 1.91. The van der Waals surface area contributed by atoms with Crippen LogP contribution in [0.1, 0.15) is 29.3 Å². The van der Waals surface area contributed by atoms with Crippen molar-refractivity contribution in [3.63, 3.8) is 0 Å². The van der Waals surface area contributed by atoms with Gasteiger partial charge in [-0.1, -0.05) is 31.2 Å². The molecule has 0 aliphatic heterocycles. The number of halogens is 1. The minimum Gasteiger partial charge on any atom is -0.494 e. The second kappa shape index (κ2) is 6.85. The fraction of sp³-hybridized carbons (Fsp3) is 0.235. The first-order valence-electron chi connectivity index (χ1n) is 6.69. The van der Waals surface area contributed by atoms with Crippen molar-refractivity contribution in [1.82, 2.24) is 0 Å². The summed E-state index contributed by atoms with van der Waals surface area (Å²) in [6.07, 6.45) is 1.11. The van der Waals surface area contributed by atoms with Crippen LogP contribution in [0.15, 0.2) is 48.5 Å². The van der Waals surface area contributed by atoms with Crippen molar-refractivity contribution in [1.29, 1.82) is 0 Å². The van der Waals surface area contributed by atoms with Gasteiger partial charge in [-0.25, -0.2) is 4.39 Å². The summed E-state index contributed by atoms with van der Waals surface area (Å²) in [5.74, 6) is 0.324. The molecule has 0 radical (unpaired) electrons. The molecule has 0 saturated carbocycles. The van der Waals surface area contributed by atoms with Crippen LogP contribution in [0.5, 0.6) is 5.75 Å². The Morgan fingerprint density at radius 1 is 1.15 bits per heavy atom. The number of hydrogen-bond donors (Lipinski definition) is 0. The lowest BCUT2D eigenvalue weighted by Crippen LogP contribution is -2.04. The summed E-state index contributed by atoms with van der Waals surface area (Å²) in [4.78, 5) is 12.2. The zero-order chi connectivity index (χ0) is 14.4. The van der Waals surface area contributed by atoms with Gasteiger partial charge in [0.25, 0.3) is 0 Å². The third-order valence-electron chi connectivity index (χ3n) is 2.88. The molecular weight excluding hydrogens is 255 g/mol. The lowest BCUT2D eigenvalue weighted by molar-refractivity contribution is 0.0992. The maximum Gasteiger partial charge on any atom is 0.167 e. The second-order valence-corrected chi connectivity index (χ2v) is 4.61. The predicted molar refractivity (Wildman–Crippen MR) is 76.7 cm³/mol. The molecule has 0 fully saturated rings. The summed E-state index contributed by atoms with van der Waals surface area (Å²) in [6.45, 7) is 2.65. The van der Waals surface area contributed by atoms with Crippen molar-refractivity contribution < 1.29 is 13.9 Å². The van der Waals surface area contributed by atoms with Gasteiger partial charge in [-0.05, 0) is 36.2 Å². The zero-order valence-electron chi connectivity index (χ0n) is 11.4. The molecule has 0 aromatic heterocycles. The van der Waals surface area contributed by atoms with E-state index in [1.165, 1.54) is 12.1 Å². The quantitative estimate of drug-likeness (QED) is 0.742. The molecular formula is C17H17FO2. The topological polar surface area (TPSA) is 26.3 Å². The SMILES string of the molecule is CCCOc1cccc(C(=O)Cc2cccc(F)c2)c1. The third kappa shape index (κ3) is 3.92. The van der Waals surface area contributed by atoms with Crippen LogP contribution in [0.4, 0.5) is 4.39 Å². The molecule has 20 heavy (non-hydrogen) atoms. The van der Waals surface area contributed by atoms with Crippen molar-refractivity contribution in [2.75, 3.05) is 6.61 Å². The molecule has 2 rings (SSSR count). The lowest BCUT2D eigenvalue weighted by Gasteiger charge is -2.06. The molecule has 104 valence electrons. The average Bonchev–Trinajstić information content (AvgIpc) is 2.45. The van der Waals surface area contributed by atoms with E-state index >= 15 is 0 Å². The van der Waals surface area contributed by atoms with Crippen LogP contribution in [0.3, 0.4) is 0 Å².